The van der Waals surface area contributed by atoms with Gasteiger partial charge in [-0.15, -0.1) is 0 Å². The summed E-state index contributed by atoms with van der Waals surface area (Å²) in [7, 11) is 0. The van der Waals surface area contributed by atoms with Gasteiger partial charge in [-0.25, -0.2) is 4.98 Å². The number of nitrogens with one attached hydrogen (secondary N) is 2. The summed E-state index contributed by atoms with van der Waals surface area (Å²) in [6.07, 6.45) is 7.98. The van der Waals surface area contributed by atoms with Crippen molar-refractivity contribution in [2.75, 3.05) is 22.9 Å². The Morgan fingerprint density at radius 3 is 2.77 bits per heavy atom. The fraction of sp³-hybridized carbons (Fsp3) is 0.476. The van der Waals surface area contributed by atoms with Crippen LogP contribution in [0.25, 0.3) is 11.2 Å². The highest BCUT2D eigenvalue weighted by Crippen LogP contribution is 2.32. The van der Waals surface area contributed by atoms with Crippen LogP contribution in [0, 0.1) is 0 Å². The quantitative estimate of drug-likeness (QED) is 0.420. The van der Waals surface area contributed by atoms with Gasteiger partial charge in [0.05, 0.1) is 6.33 Å². The number of nitrogens with two attached hydrogens (primary N) is 2. The van der Waals surface area contributed by atoms with E-state index in [1.54, 1.807) is 6.07 Å². The van der Waals surface area contributed by atoms with E-state index in [0.29, 0.717) is 41.6 Å². The normalized spacial score (nSPS) is 16.0. The molecule has 2 aromatic heterocycles. The summed E-state index contributed by atoms with van der Waals surface area (Å²) < 4.78 is 2.20. The predicted molar refractivity (Wildman–Crippen MR) is 123 cm³/mol. The molecule has 160 valence electrons. The molecule has 0 saturated heterocycles. The second-order valence-electron chi connectivity index (χ2n) is 8.07. The van der Waals surface area contributed by atoms with E-state index in [4.69, 9.17) is 28.1 Å². The molecular formula is C21H29ClN8. The lowest BCUT2D eigenvalue weighted by Gasteiger charge is -2.23. The molecule has 1 fully saturated rings. The van der Waals surface area contributed by atoms with Crippen molar-refractivity contribution in [1.29, 1.82) is 0 Å². The first-order valence-electron chi connectivity index (χ1n) is 10.5. The zero-order valence-electron chi connectivity index (χ0n) is 17.2. The Labute approximate surface area is 181 Å². The van der Waals surface area contributed by atoms with E-state index in [0.717, 1.165) is 29.6 Å². The number of nitrogen functional groups attached to an aromatic ring is 1. The van der Waals surface area contributed by atoms with Crippen molar-refractivity contribution in [1.82, 2.24) is 19.5 Å². The van der Waals surface area contributed by atoms with Gasteiger partial charge < -0.3 is 26.7 Å². The number of anilines is 3. The van der Waals surface area contributed by atoms with Gasteiger partial charge in [0.2, 0.25) is 5.95 Å². The van der Waals surface area contributed by atoms with Gasteiger partial charge in [0, 0.05) is 35.9 Å². The van der Waals surface area contributed by atoms with E-state index >= 15 is 0 Å². The van der Waals surface area contributed by atoms with E-state index in [1.807, 2.05) is 25.4 Å². The van der Waals surface area contributed by atoms with Gasteiger partial charge in [-0.05, 0) is 43.5 Å². The highest BCUT2D eigenvalue weighted by molar-refractivity contribution is 6.30. The summed E-state index contributed by atoms with van der Waals surface area (Å²) >= 11 is 6.13. The summed E-state index contributed by atoms with van der Waals surface area (Å²) in [6.45, 7) is 3.02. The Hall–Kier alpha value is -2.58. The van der Waals surface area contributed by atoms with Gasteiger partial charge in [0.25, 0.3) is 0 Å². The lowest BCUT2D eigenvalue weighted by molar-refractivity contribution is 0.358. The molecule has 8 nitrogen and oxygen atoms in total. The number of imidazole rings is 1. The number of halogens is 1. The molecule has 0 spiro atoms. The highest BCUT2D eigenvalue weighted by atomic mass is 35.5. The molecule has 0 bridgehead atoms. The van der Waals surface area contributed by atoms with Crippen molar-refractivity contribution in [3.63, 3.8) is 0 Å². The maximum absolute atomic E-state index is 6.13. The fourth-order valence-electron chi connectivity index (χ4n) is 3.90. The molecule has 0 radical (unpaired) electrons. The Balaban J connectivity index is 1.67. The van der Waals surface area contributed by atoms with Gasteiger partial charge in [-0.1, -0.05) is 30.9 Å². The molecule has 1 atom stereocenters. The van der Waals surface area contributed by atoms with Crippen LogP contribution >= 0.6 is 11.6 Å². The maximum Gasteiger partial charge on any atom is 0.226 e. The molecule has 4 rings (SSSR count). The molecule has 1 aromatic carbocycles. The largest absolute Gasteiger partial charge is 0.398 e. The Morgan fingerprint density at radius 1 is 1.20 bits per heavy atom. The van der Waals surface area contributed by atoms with Crippen LogP contribution < -0.4 is 22.1 Å². The summed E-state index contributed by atoms with van der Waals surface area (Å²) in [4.78, 5) is 14.1. The van der Waals surface area contributed by atoms with Crippen LogP contribution in [0.3, 0.4) is 0 Å². The van der Waals surface area contributed by atoms with Crippen molar-refractivity contribution in [2.24, 2.45) is 5.73 Å². The number of fused-ring (bicyclic) bond motifs is 1. The molecule has 2 heterocycles. The average molecular weight is 429 g/mol. The van der Waals surface area contributed by atoms with Gasteiger partial charge >= 0.3 is 0 Å². The Kier molecular flexibility index (Phi) is 6.24. The van der Waals surface area contributed by atoms with E-state index in [1.165, 1.54) is 19.3 Å². The lowest BCUT2D eigenvalue weighted by atomic mass is 9.95. The first-order valence-corrected chi connectivity index (χ1v) is 10.9. The SMILES string of the molecule is CC(N)CNc1nc(NCc2cc(Cl)ccc2N)c2ncn(C3CCCCC3)c2n1. The van der Waals surface area contributed by atoms with Crippen LogP contribution in [0.4, 0.5) is 17.5 Å². The molecule has 0 amide bonds. The van der Waals surface area contributed by atoms with Crippen LogP contribution in [0.1, 0.15) is 50.6 Å². The summed E-state index contributed by atoms with van der Waals surface area (Å²) in [5.41, 5.74) is 15.2. The molecule has 6 N–H and O–H groups in total. The third-order valence-electron chi connectivity index (χ3n) is 5.52. The van der Waals surface area contributed by atoms with Gasteiger partial charge in [-0.3, -0.25) is 0 Å². The van der Waals surface area contributed by atoms with Crippen molar-refractivity contribution in [3.8, 4) is 0 Å². The van der Waals surface area contributed by atoms with Crippen molar-refractivity contribution < 1.29 is 0 Å². The van der Waals surface area contributed by atoms with Crippen LogP contribution in [0.5, 0.6) is 0 Å². The average Bonchev–Trinajstić information content (AvgIpc) is 3.17. The third kappa shape index (κ3) is 4.60. The van der Waals surface area contributed by atoms with Gasteiger partial charge in [0.15, 0.2) is 17.0 Å². The predicted octanol–water partition coefficient (Wildman–Crippen LogP) is 3.94. The van der Waals surface area contributed by atoms with E-state index in [9.17, 15) is 0 Å². The second kappa shape index (κ2) is 9.06. The van der Waals surface area contributed by atoms with Crippen LogP contribution in [0.2, 0.25) is 5.02 Å². The summed E-state index contributed by atoms with van der Waals surface area (Å²) in [5.74, 6) is 1.21. The lowest BCUT2D eigenvalue weighted by Crippen LogP contribution is -2.26. The van der Waals surface area contributed by atoms with E-state index in [2.05, 4.69) is 25.2 Å². The van der Waals surface area contributed by atoms with Crippen LogP contribution in [-0.2, 0) is 6.54 Å². The smallest absolute Gasteiger partial charge is 0.226 e. The van der Waals surface area contributed by atoms with Crippen molar-refractivity contribution in [2.45, 2.75) is 57.7 Å². The number of hydrogen-bond acceptors (Lipinski definition) is 7. The monoisotopic (exact) mass is 428 g/mol. The first-order chi connectivity index (χ1) is 14.5. The molecule has 1 aliphatic carbocycles. The van der Waals surface area contributed by atoms with E-state index < -0.39 is 0 Å². The minimum Gasteiger partial charge on any atom is -0.398 e. The van der Waals surface area contributed by atoms with Crippen LogP contribution in [0.15, 0.2) is 24.5 Å². The standard InChI is InChI=1S/C21H29ClN8/c1-13(23)10-26-21-28-19(25-11-14-9-15(22)7-8-17(14)24)18-20(29-21)30(12-27-18)16-5-3-2-4-6-16/h7-9,12-13,16H,2-6,10-11,23-24H2,1H3,(H2,25,26,28,29). The molecule has 9 heteroatoms. The molecule has 3 aromatic rings. The second-order valence-corrected chi connectivity index (χ2v) is 8.50. The number of nitrogens with zero attached hydrogens (tertiary/aromatic N) is 4. The van der Waals surface area contributed by atoms with E-state index in [-0.39, 0.29) is 6.04 Å². The topological polar surface area (TPSA) is 120 Å². The zero-order chi connectivity index (χ0) is 21.1. The van der Waals surface area contributed by atoms with Crippen LogP contribution in [-0.4, -0.2) is 32.1 Å². The number of benzene rings is 1. The molecule has 1 unspecified atom stereocenters. The molecule has 30 heavy (non-hydrogen) atoms. The highest BCUT2D eigenvalue weighted by Gasteiger charge is 2.21. The summed E-state index contributed by atoms with van der Waals surface area (Å²) in [5, 5.41) is 7.27. The summed E-state index contributed by atoms with van der Waals surface area (Å²) in [6, 6.07) is 5.87. The number of rotatable bonds is 7. The maximum atomic E-state index is 6.13. The first kappa shape index (κ1) is 20.7. The molecular weight excluding hydrogens is 400 g/mol. The Bertz CT molecular complexity index is 1010. The third-order valence-corrected chi connectivity index (χ3v) is 5.76. The van der Waals surface area contributed by atoms with Gasteiger partial charge in [0.1, 0.15) is 0 Å². The molecule has 0 aliphatic heterocycles. The molecule has 1 aliphatic rings. The Morgan fingerprint density at radius 2 is 2.00 bits per heavy atom. The molecule has 1 saturated carbocycles. The number of aromatic nitrogens is 4. The zero-order valence-corrected chi connectivity index (χ0v) is 18.0. The fourth-order valence-corrected chi connectivity index (χ4v) is 4.10. The minimum atomic E-state index is -0.00443. The van der Waals surface area contributed by atoms with Crippen molar-refractivity contribution >= 4 is 40.2 Å². The number of hydrogen-bond donors (Lipinski definition) is 4. The van der Waals surface area contributed by atoms with Crippen molar-refractivity contribution in [3.05, 3.63) is 35.1 Å². The van der Waals surface area contributed by atoms with Gasteiger partial charge in [-0.2, -0.15) is 9.97 Å². The minimum absolute atomic E-state index is 0.00443.